The molecule has 1 aliphatic rings. The third kappa shape index (κ3) is 1.68. The van der Waals surface area contributed by atoms with Gasteiger partial charge in [0.05, 0.1) is 6.42 Å². The normalized spacial score (nSPS) is 13.2. The van der Waals surface area contributed by atoms with E-state index in [4.69, 9.17) is 0 Å². The standard InChI is InChI=1S/C8H6FNO.Na.H/c9-6-2-1-5-3-8(11)10-7(5)4-6;;/h1-2,4H,3H2,(H,10,11);;/q;+1;-1. The molecule has 58 valence electrons. The summed E-state index contributed by atoms with van der Waals surface area (Å²) in [5.41, 5.74) is 1.48. The molecule has 0 aliphatic carbocycles. The first-order valence-electron chi connectivity index (χ1n) is 3.34. The van der Waals surface area contributed by atoms with Crippen molar-refractivity contribution in [1.29, 1.82) is 0 Å². The van der Waals surface area contributed by atoms with Gasteiger partial charge < -0.3 is 6.74 Å². The van der Waals surface area contributed by atoms with Gasteiger partial charge in [-0.15, -0.1) is 0 Å². The summed E-state index contributed by atoms with van der Waals surface area (Å²) < 4.78 is 12.5. The second-order valence-corrected chi connectivity index (χ2v) is 2.53. The number of anilines is 1. The smallest absolute Gasteiger partial charge is 1.00 e. The number of halogens is 1. The van der Waals surface area contributed by atoms with E-state index in [1.54, 1.807) is 6.07 Å². The van der Waals surface area contributed by atoms with Gasteiger partial charge in [0.25, 0.3) is 0 Å². The van der Waals surface area contributed by atoms with Crippen molar-refractivity contribution >= 4 is 11.6 Å². The fourth-order valence-corrected chi connectivity index (χ4v) is 1.19. The maximum atomic E-state index is 12.5. The summed E-state index contributed by atoms with van der Waals surface area (Å²) in [6, 6.07) is 4.32. The van der Waals surface area contributed by atoms with Crippen molar-refractivity contribution in [2.45, 2.75) is 6.42 Å². The molecule has 1 aromatic carbocycles. The average Bonchev–Trinajstić information content (AvgIpc) is 2.27. The zero-order chi connectivity index (χ0) is 7.84. The summed E-state index contributed by atoms with van der Waals surface area (Å²) in [4.78, 5) is 10.8. The van der Waals surface area contributed by atoms with Crippen LogP contribution >= 0.6 is 0 Å². The minimum Gasteiger partial charge on any atom is -1.00 e. The summed E-state index contributed by atoms with van der Waals surface area (Å²) in [5.74, 6) is -0.378. The topological polar surface area (TPSA) is 29.1 Å². The summed E-state index contributed by atoms with van der Waals surface area (Å²) in [6.07, 6.45) is 0.371. The van der Waals surface area contributed by atoms with Crippen LogP contribution in [-0.4, -0.2) is 5.91 Å². The first kappa shape index (κ1) is 9.71. The summed E-state index contributed by atoms with van der Waals surface area (Å²) in [7, 11) is 0. The van der Waals surface area contributed by atoms with E-state index >= 15 is 0 Å². The van der Waals surface area contributed by atoms with Gasteiger partial charge in [0.2, 0.25) is 5.91 Å². The van der Waals surface area contributed by atoms with Crippen LogP contribution < -0.4 is 34.9 Å². The van der Waals surface area contributed by atoms with Crippen LogP contribution in [0.5, 0.6) is 0 Å². The third-order valence-electron chi connectivity index (χ3n) is 1.70. The fourth-order valence-electron chi connectivity index (χ4n) is 1.19. The number of amides is 1. The summed E-state index contributed by atoms with van der Waals surface area (Å²) in [5, 5.41) is 2.56. The second-order valence-electron chi connectivity index (χ2n) is 2.53. The van der Waals surface area contributed by atoms with Crippen LogP contribution in [0.3, 0.4) is 0 Å². The van der Waals surface area contributed by atoms with E-state index in [9.17, 15) is 9.18 Å². The number of rotatable bonds is 0. The van der Waals surface area contributed by atoms with Crippen molar-refractivity contribution in [1.82, 2.24) is 0 Å². The van der Waals surface area contributed by atoms with E-state index in [0.29, 0.717) is 12.1 Å². The van der Waals surface area contributed by atoms with E-state index in [2.05, 4.69) is 5.32 Å². The van der Waals surface area contributed by atoms with Crippen LogP contribution in [-0.2, 0) is 11.2 Å². The molecule has 0 aromatic heterocycles. The fraction of sp³-hybridized carbons (Fsp3) is 0.125. The predicted octanol–water partition coefficient (Wildman–Crippen LogP) is -1.56. The van der Waals surface area contributed by atoms with Crippen LogP contribution in [0.2, 0.25) is 0 Å². The molecule has 0 saturated heterocycles. The maximum Gasteiger partial charge on any atom is 1.00 e. The molecule has 0 unspecified atom stereocenters. The molecule has 12 heavy (non-hydrogen) atoms. The predicted molar refractivity (Wildman–Crippen MR) is 39.8 cm³/mol. The molecule has 0 atom stereocenters. The van der Waals surface area contributed by atoms with E-state index in [0.717, 1.165) is 5.56 Å². The van der Waals surface area contributed by atoms with Crippen molar-refractivity contribution in [3.8, 4) is 0 Å². The molecule has 0 radical (unpaired) electrons. The largest absolute Gasteiger partial charge is 1.00 e. The number of fused-ring (bicyclic) bond motifs is 1. The monoisotopic (exact) mass is 175 g/mol. The Bertz CT molecular complexity index is 332. The van der Waals surface area contributed by atoms with Crippen LogP contribution in [0.25, 0.3) is 0 Å². The van der Waals surface area contributed by atoms with Gasteiger partial charge in [-0.1, -0.05) is 6.07 Å². The number of carbonyl (C=O) groups is 1. The molecular formula is C8H7FNNaO. The Kier molecular flexibility index (Phi) is 2.88. The van der Waals surface area contributed by atoms with Gasteiger partial charge >= 0.3 is 29.6 Å². The number of carbonyl (C=O) groups excluding carboxylic acids is 1. The number of hydrogen-bond acceptors (Lipinski definition) is 1. The van der Waals surface area contributed by atoms with Crippen LogP contribution in [0, 0.1) is 5.82 Å². The Morgan fingerprint density at radius 2 is 2.25 bits per heavy atom. The molecule has 1 aliphatic heterocycles. The van der Waals surface area contributed by atoms with Crippen molar-refractivity contribution in [2.75, 3.05) is 5.32 Å². The minimum atomic E-state index is -0.314. The zero-order valence-electron chi connectivity index (χ0n) is 7.73. The Morgan fingerprint density at radius 3 is 3.00 bits per heavy atom. The van der Waals surface area contributed by atoms with Gasteiger partial charge in [-0.2, -0.15) is 0 Å². The minimum absolute atomic E-state index is 0. The molecule has 0 bridgehead atoms. The Morgan fingerprint density at radius 1 is 1.50 bits per heavy atom. The van der Waals surface area contributed by atoms with Gasteiger partial charge in [0.15, 0.2) is 0 Å². The van der Waals surface area contributed by atoms with Gasteiger partial charge in [0.1, 0.15) is 5.82 Å². The van der Waals surface area contributed by atoms with Crippen LogP contribution in [0.4, 0.5) is 10.1 Å². The van der Waals surface area contributed by atoms with Crippen molar-refractivity contribution in [2.24, 2.45) is 0 Å². The molecule has 0 spiro atoms. The summed E-state index contributed by atoms with van der Waals surface area (Å²) in [6.45, 7) is 0. The van der Waals surface area contributed by atoms with Gasteiger partial charge in [-0.25, -0.2) is 4.39 Å². The molecule has 4 heteroatoms. The second kappa shape index (κ2) is 3.56. The molecule has 1 aromatic rings. The summed E-state index contributed by atoms with van der Waals surface area (Å²) >= 11 is 0. The Hall–Kier alpha value is -0.380. The molecular weight excluding hydrogens is 168 g/mol. The Balaban J connectivity index is 0.000000720. The average molecular weight is 175 g/mol. The van der Waals surface area contributed by atoms with E-state index in [1.165, 1.54) is 12.1 Å². The molecule has 0 fully saturated rings. The SMILES string of the molecule is O=C1Cc2ccc(F)cc2N1.[H-].[Na+]. The molecule has 2 rings (SSSR count). The van der Waals surface area contributed by atoms with Gasteiger partial charge in [-0.3, -0.25) is 4.79 Å². The van der Waals surface area contributed by atoms with Crippen LogP contribution in [0.15, 0.2) is 18.2 Å². The number of benzene rings is 1. The molecule has 0 saturated carbocycles. The zero-order valence-corrected chi connectivity index (χ0v) is 8.73. The maximum absolute atomic E-state index is 12.5. The third-order valence-corrected chi connectivity index (χ3v) is 1.70. The van der Waals surface area contributed by atoms with Gasteiger partial charge in [0, 0.05) is 5.69 Å². The molecule has 1 amide bonds. The van der Waals surface area contributed by atoms with Crippen molar-refractivity contribution in [3.05, 3.63) is 29.6 Å². The Labute approximate surface area is 92.9 Å². The molecule has 1 heterocycles. The van der Waals surface area contributed by atoms with Gasteiger partial charge in [-0.05, 0) is 17.7 Å². The van der Waals surface area contributed by atoms with Crippen LogP contribution in [0.1, 0.15) is 6.99 Å². The first-order chi connectivity index (χ1) is 5.25. The van der Waals surface area contributed by atoms with E-state index in [1.807, 2.05) is 0 Å². The van der Waals surface area contributed by atoms with E-state index < -0.39 is 0 Å². The quantitative estimate of drug-likeness (QED) is 0.474. The van der Waals surface area contributed by atoms with Crippen molar-refractivity contribution < 1.29 is 40.2 Å². The molecule has 2 nitrogen and oxygen atoms in total. The number of hydrogen-bond donors (Lipinski definition) is 1. The first-order valence-corrected chi connectivity index (χ1v) is 3.34. The number of nitrogens with one attached hydrogen (secondary N) is 1. The van der Waals surface area contributed by atoms with Crippen molar-refractivity contribution in [3.63, 3.8) is 0 Å². The molecule has 1 N–H and O–H groups in total. The van der Waals surface area contributed by atoms with E-state index in [-0.39, 0.29) is 42.7 Å².